The average molecular weight is 921 g/mol. The summed E-state index contributed by atoms with van der Waals surface area (Å²) < 4.78 is 28.6. The number of aromatic nitrogens is 2. The van der Waals surface area contributed by atoms with E-state index < -0.39 is 11.4 Å². The maximum Gasteiger partial charge on any atom is 0.319 e. The van der Waals surface area contributed by atoms with Crippen LogP contribution in [0.3, 0.4) is 0 Å². The molecule has 0 atom stereocenters. The molecule has 354 valence electrons. The molecule has 0 saturated carbocycles. The van der Waals surface area contributed by atoms with Crippen LogP contribution in [0.1, 0.15) is 101 Å². The maximum absolute atomic E-state index is 13.4. The lowest BCUT2D eigenvalue weighted by molar-refractivity contribution is -0.308. The van der Waals surface area contributed by atoms with Crippen molar-refractivity contribution in [2.45, 2.75) is 111 Å². The molecule has 2 rings (SSSR count). The van der Waals surface area contributed by atoms with Gasteiger partial charge in [0.05, 0.1) is 59.5 Å². The first kappa shape index (κ1) is 80.9. The van der Waals surface area contributed by atoms with Crippen LogP contribution >= 0.6 is 43.2 Å². The molecular formula is C43H88N2O10S4. The van der Waals surface area contributed by atoms with Gasteiger partial charge in [-0.15, -0.1) is 13.2 Å². The van der Waals surface area contributed by atoms with E-state index in [1.165, 1.54) is 13.8 Å². The van der Waals surface area contributed by atoms with E-state index in [0.29, 0.717) is 32.8 Å². The molecule has 2 aromatic heterocycles. The Morgan fingerprint density at radius 2 is 1.02 bits per heavy atom. The molecule has 0 N–H and O–H groups in total. The summed E-state index contributed by atoms with van der Waals surface area (Å²) in [6, 6.07) is 11.5. The fraction of sp³-hybridized carbons (Fsp3) is 0.651. The summed E-state index contributed by atoms with van der Waals surface area (Å²) in [5.74, 6) is 0.660. The molecule has 0 aliphatic heterocycles. The van der Waals surface area contributed by atoms with E-state index in [0.717, 1.165) is 21.6 Å². The fourth-order valence-electron chi connectivity index (χ4n) is 3.38. The van der Waals surface area contributed by atoms with Crippen molar-refractivity contribution in [1.29, 1.82) is 0 Å². The molecule has 2 aromatic rings. The summed E-state index contributed by atoms with van der Waals surface area (Å²) in [6.07, 6.45) is 4.18. The first-order valence-electron chi connectivity index (χ1n) is 15.5. The zero-order chi connectivity index (χ0) is 35.8. The van der Waals surface area contributed by atoms with Crippen molar-refractivity contribution in [3.63, 3.8) is 0 Å². The lowest BCUT2D eigenvalue weighted by Crippen LogP contribution is -2.46. The Kier molecular flexibility index (Phi) is 76.8. The second-order valence-electron chi connectivity index (χ2n) is 9.92. The van der Waals surface area contributed by atoms with E-state index in [1.807, 2.05) is 36.4 Å². The molecule has 0 radical (unpaired) electrons. The summed E-state index contributed by atoms with van der Waals surface area (Å²) in [6.45, 7) is 10.2. The highest BCUT2D eigenvalue weighted by Gasteiger charge is 2.42. The maximum atomic E-state index is 13.4. The SMILES string of the molecule is C.C.C.C.C.C.C.C.C.C.C=C.CC(=O)CCCOC(=O)C(COCCOCCSSc1ccccn1)(COCCOCCSSc1ccccn1)COOCC(C)=O. The van der Waals surface area contributed by atoms with Crippen molar-refractivity contribution in [3.05, 3.63) is 61.9 Å². The largest absolute Gasteiger partial charge is 0.465 e. The monoisotopic (exact) mass is 921 g/mol. The van der Waals surface area contributed by atoms with Crippen LogP contribution in [0.4, 0.5) is 0 Å². The van der Waals surface area contributed by atoms with Gasteiger partial charge in [0.1, 0.15) is 34.5 Å². The first-order valence-corrected chi connectivity index (χ1v) is 20.2. The Labute approximate surface area is 379 Å². The van der Waals surface area contributed by atoms with Gasteiger partial charge in [0, 0.05) is 30.3 Å². The van der Waals surface area contributed by atoms with Crippen LogP contribution in [0, 0.1) is 5.41 Å². The molecule has 0 fully saturated rings. The summed E-state index contributed by atoms with van der Waals surface area (Å²) in [5, 5.41) is 1.87. The Morgan fingerprint density at radius 3 is 1.41 bits per heavy atom. The first-order chi connectivity index (χ1) is 23.9. The highest BCUT2D eigenvalue weighted by atomic mass is 33.1. The third-order valence-electron chi connectivity index (χ3n) is 5.71. The number of carbonyl (C=O) groups is 3. The Morgan fingerprint density at radius 1 is 0.576 bits per heavy atom. The molecule has 0 bridgehead atoms. The molecule has 0 amide bonds. The second kappa shape index (κ2) is 56.0. The van der Waals surface area contributed by atoms with E-state index in [1.54, 1.807) is 55.6 Å². The number of esters is 1. The minimum absolute atomic E-state index is 0. The van der Waals surface area contributed by atoms with Gasteiger partial charge >= 0.3 is 5.97 Å². The second-order valence-corrected chi connectivity index (χ2v) is 14.8. The van der Waals surface area contributed by atoms with Crippen molar-refractivity contribution in [3.8, 4) is 0 Å². The van der Waals surface area contributed by atoms with Gasteiger partial charge in [-0.05, 0) is 66.1 Å². The van der Waals surface area contributed by atoms with Crippen LogP contribution in [0.2, 0.25) is 0 Å². The van der Waals surface area contributed by atoms with Crippen LogP contribution in [0.5, 0.6) is 0 Å². The Balaban J connectivity index is -0.000000246. The predicted octanol–water partition coefficient (Wildman–Crippen LogP) is 12.3. The van der Waals surface area contributed by atoms with E-state index in [4.69, 9.17) is 33.5 Å². The summed E-state index contributed by atoms with van der Waals surface area (Å²) in [7, 11) is 6.44. The minimum Gasteiger partial charge on any atom is -0.465 e. The van der Waals surface area contributed by atoms with Gasteiger partial charge in [-0.1, -0.05) is 108 Å². The van der Waals surface area contributed by atoms with Crippen molar-refractivity contribution in [2.75, 3.05) is 84.2 Å². The molecule has 0 saturated heterocycles. The Hall–Kier alpha value is -1.99. The molecule has 0 unspecified atom stereocenters. The zero-order valence-electron chi connectivity index (χ0n) is 28.2. The molecule has 0 spiro atoms. The third kappa shape index (κ3) is 43.9. The van der Waals surface area contributed by atoms with Crippen molar-refractivity contribution in [1.82, 2.24) is 9.97 Å². The Bertz CT molecular complexity index is 1090. The molecule has 59 heavy (non-hydrogen) atoms. The minimum atomic E-state index is -1.41. The van der Waals surface area contributed by atoms with Gasteiger partial charge in [-0.25, -0.2) is 19.7 Å². The number of carbonyl (C=O) groups excluding carboxylic acids is 3. The van der Waals surface area contributed by atoms with Crippen LogP contribution in [-0.2, 0) is 47.8 Å². The molecule has 2 heterocycles. The van der Waals surface area contributed by atoms with Gasteiger partial charge in [-0.2, -0.15) is 0 Å². The molecule has 0 aromatic carbocycles. The van der Waals surface area contributed by atoms with Gasteiger partial charge in [0.15, 0.2) is 5.78 Å². The van der Waals surface area contributed by atoms with Gasteiger partial charge < -0.3 is 28.5 Å². The quantitative estimate of drug-likeness (QED) is 0.0183. The standard InChI is InChI=1S/C31H44N2O10S4.C2H4.10CH4/c1-26(34)8-7-13-41-30(36)31(25-43-42-22-27(2)35,23-39-16-14-37-18-20-44-46-28-9-3-5-11-32-28)24-40-17-15-38-19-21-45-47-29-10-4-6-12-33-29;1-2;;;;;;;;;;/h3-6,9-12H,7-8,13-25H2,1-2H3;1-2H2;10*1H4. The number of ketones is 2. The zero-order valence-corrected chi connectivity index (χ0v) is 31.5. The smallest absolute Gasteiger partial charge is 0.319 e. The van der Waals surface area contributed by atoms with Crippen molar-refractivity contribution < 1.29 is 47.8 Å². The third-order valence-corrected chi connectivity index (χ3v) is 10.2. The topological polar surface area (TPSA) is 142 Å². The van der Waals surface area contributed by atoms with Crippen LogP contribution in [-0.4, -0.2) is 112 Å². The van der Waals surface area contributed by atoms with Crippen LogP contribution in [0.25, 0.3) is 0 Å². The highest BCUT2D eigenvalue weighted by molar-refractivity contribution is 8.77. The summed E-state index contributed by atoms with van der Waals surface area (Å²) in [5.41, 5.74) is -1.41. The lowest BCUT2D eigenvalue weighted by atomic mass is 9.91. The van der Waals surface area contributed by atoms with Crippen molar-refractivity contribution in [2.24, 2.45) is 5.41 Å². The number of rotatable bonds is 30. The van der Waals surface area contributed by atoms with E-state index in [2.05, 4.69) is 23.1 Å². The number of Topliss-reactive ketones (excluding diaryl/α,β-unsaturated/α-hetero) is 2. The normalized spacial score (nSPS) is 9.19. The number of ether oxygens (including phenoxy) is 5. The predicted molar refractivity (Wildman–Crippen MR) is 263 cm³/mol. The summed E-state index contributed by atoms with van der Waals surface area (Å²) >= 11 is 0. The number of hydrogen-bond acceptors (Lipinski definition) is 16. The molecular weight excluding hydrogens is 833 g/mol. The number of nitrogens with zero attached hydrogens (tertiary/aromatic N) is 2. The summed E-state index contributed by atoms with van der Waals surface area (Å²) in [4.78, 5) is 54.9. The number of pyridine rings is 2. The lowest BCUT2D eigenvalue weighted by Gasteiger charge is -2.30. The molecule has 0 aliphatic rings. The van der Waals surface area contributed by atoms with E-state index >= 15 is 0 Å². The number of hydrogen-bond donors (Lipinski definition) is 0. The van der Waals surface area contributed by atoms with Crippen LogP contribution < -0.4 is 0 Å². The van der Waals surface area contributed by atoms with E-state index in [9.17, 15) is 14.4 Å². The molecule has 16 heteroatoms. The van der Waals surface area contributed by atoms with Crippen molar-refractivity contribution >= 4 is 60.7 Å². The average Bonchev–Trinajstić information content (AvgIpc) is 3.11. The highest BCUT2D eigenvalue weighted by Crippen LogP contribution is 2.29. The van der Waals surface area contributed by atoms with E-state index in [-0.39, 0.29) is 139 Å². The molecule has 12 nitrogen and oxygen atoms in total. The van der Waals surface area contributed by atoms with Crippen LogP contribution in [0.15, 0.2) is 72.0 Å². The molecule has 0 aliphatic carbocycles. The van der Waals surface area contributed by atoms with Gasteiger partial charge in [0.2, 0.25) is 0 Å². The van der Waals surface area contributed by atoms with Gasteiger partial charge in [0.25, 0.3) is 0 Å². The van der Waals surface area contributed by atoms with Gasteiger partial charge in [-0.3, -0.25) is 9.59 Å². The fourth-order valence-corrected chi connectivity index (χ4v) is 6.86.